The van der Waals surface area contributed by atoms with Gasteiger partial charge in [0.25, 0.3) is 0 Å². The molecule has 8 aromatic rings. The summed E-state index contributed by atoms with van der Waals surface area (Å²) in [7, 11) is 15.9. The Morgan fingerprint density at radius 1 is 0.481 bits per heavy atom. The molecule has 8 rings (SSSR count). The molecular formula is C45H41Cl2N3OP2Ru. The second kappa shape index (κ2) is 19.0. The van der Waals surface area contributed by atoms with Gasteiger partial charge < -0.3 is 14.0 Å². The summed E-state index contributed by atoms with van der Waals surface area (Å²) in [6.07, 6.45) is 0.750. The molecule has 0 bridgehead atoms. The minimum atomic E-state index is -0.878. The summed E-state index contributed by atoms with van der Waals surface area (Å²) in [5, 5.41) is 10.9. The first-order valence-corrected chi connectivity index (χ1v) is 24.5. The number of hydrogen-bond acceptors (Lipinski definition) is 1. The fourth-order valence-corrected chi connectivity index (χ4v) is 12.2. The number of carbonyl (C=O) groups excluding carboxylic acids is 1. The SMILES string of the molecule is CN(C)C=O.Cn1c(-c2c(P(c3ccccc3)c3ccccc3)c3ccccc3n2C)c(P(c2ccccc2)c2ccccc2)c2ccccc21.[Cl][Ru][Cl]. The summed E-state index contributed by atoms with van der Waals surface area (Å²) >= 11 is -0.346. The van der Waals surface area contributed by atoms with Gasteiger partial charge in [-0.25, -0.2) is 0 Å². The molecule has 0 aliphatic rings. The van der Waals surface area contributed by atoms with Crippen LogP contribution in [0.5, 0.6) is 0 Å². The Hall–Kier alpha value is -4.07. The van der Waals surface area contributed by atoms with Crippen molar-refractivity contribution in [2.75, 3.05) is 14.1 Å². The van der Waals surface area contributed by atoms with Gasteiger partial charge in [-0.2, -0.15) is 0 Å². The first-order chi connectivity index (χ1) is 26.4. The number of para-hydroxylation sites is 2. The molecule has 54 heavy (non-hydrogen) atoms. The van der Waals surface area contributed by atoms with Crippen molar-refractivity contribution in [2.45, 2.75) is 0 Å². The standard InChI is InChI=1S/C42H34N2P2.C3H7NO.2ClH.Ru/c1-43-37-29-17-15-27-35(37)41(45(31-19-7-3-8-20-31)32-21-9-4-10-22-32)39(43)40-42(36-28-16-18-30-38(36)44(40)2)46(33-23-11-5-12-24-33)34-25-13-6-14-26-34;1-4(2)3-5;;;/h3-30H,1-2H3;3H,1-2H3;2*1H;/q;;;;+2/p-2. The van der Waals surface area contributed by atoms with E-state index in [1.54, 1.807) is 14.1 Å². The molecule has 0 spiro atoms. The van der Waals surface area contributed by atoms with Gasteiger partial charge in [0, 0.05) is 60.6 Å². The monoisotopic (exact) mass is 873 g/mol. The average molecular weight is 874 g/mol. The van der Waals surface area contributed by atoms with Crippen LogP contribution in [0.3, 0.4) is 0 Å². The predicted octanol–water partition coefficient (Wildman–Crippen LogP) is 8.93. The summed E-state index contributed by atoms with van der Waals surface area (Å²) in [6.45, 7) is 0. The van der Waals surface area contributed by atoms with E-state index in [0.717, 1.165) is 6.41 Å². The number of hydrogen-bond donors (Lipinski definition) is 0. The third kappa shape index (κ3) is 8.43. The van der Waals surface area contributed by atoms with Gasteiger partial charge in [0.05, 0.1) is 11.4 Å². The van der Waals surface area contributed by atoms with E-state index >= 15 is 0 Å². The Labute approximate surface area is 336 Å². The maximum absolute atomic E-state index is 9.43. The second-order valence-electron chi connectivity index (χ2n) is 12.7. The van der Waals surface area contributed by atoms with Crippen LogP contribution >= 0.6 is 35.2 Å². The Morgan fingerprint density at radius 2 is 0.722 bits per heavy atom. The van der Waals surface area contributed by atoms with Gasteiger partial charge in [0.15, 0.2) is 0 Å². The van der Waals surface area contributed by atoms with Gasteiger partial charge in [0.2, 0.25) is 6.41 Å². The van der Waals surface area contributed by atoms with Crippen molar-refractivity contribution in [3.8, 4) is 11.4 Å². The molecule has 0 radical (unpaired) electrons. The van der Waals surface area contributed by atoms with E-state index < -0.39 is 15.8 Å². The van der Waals surface area contributed by atoms with E-state index in [9.17, 15) is 4.79 Å². The Bertz CT molecular complexity index is 2180. The summed E-state index contributed by atoms with van der Waals surface area (Å²) in [6, 6.07) is 62.5. The molecule has 274 valence electrons. The zero-order valence-corrected chi connectivity index (χ0v) is 35.5. The summed E-state index contributed by atoms with van der Waals surface area (Å²) < 4.78 is 4.93. The number of amides is 1. The molecule has 2 heterocycles. The van der Waals surface area contributed by atoms with E-state index in [4.69, 9.17) is 19.4 Å². The maximum atomic E-state index is 9.43. The molecule has 0 N–H and O–H groups in total. The number of nitrogens with zero attached hydrogens (tertiary/aromatic N) is 3. The Morgan fingerprint density at radius 3 is 0.981 bits per heavy atom. The molecule has 0 saturated heterocycles. The van der Waals surface area contributed by atoms with Crippen LogP contribution in [-0.4, -0.2) is 34.5 Å². The average Bonchev–Trinajstić information content (AvgIpc) is 3.66. The third-order valence-electron chi connectivity index (χ3n) is 9.10. The van der Waals surface area contributed by atoms with Crippen molar-refractivity contribution in [3.63, 3.8) is 0 Å². The molecule has 6 aromatic carbocycles. The Balaban J connectivity index is 0.000000569. The van der Waals surface area contributed by atoms with E-state index in [0.29, 0.717) is 0 Å². The summed E-state index contributed by atoms with van der Waals surface area (Å²) in [5.41, 5.74) is 5.11. The zero-order chi connectivity index (χ0) is 38.0. The van der Waals surface area contributed by atoms with Gasteiger partial charge in [-0.1, -0.05) is 158 Å². The van der Waals surface area contributed by atoms with Gasteiger partial charge in [0.1, 0.15) is 0 Å². The van der Waals surface area contributed by atoms with Gasteiger partial charge in [-0.15, -0.1) is 0 Å². The van der Waals surface area contributed by atoms with Gasteiger partial charge in [-0.3, -0.25) is 4.79 Å². The number of carbonyl (C=O) groups is 1. The van der Waals surface area contributed by atoms with E-state index in [1.807, 2.05) is 0 Å². The fraction of sp³-hybridized carbons (Fsp3) is 0.0889. The van der Waals surface area contributed by atoms with Crippen LogP contribution in [0.25, 0.3) is 33.2 Å². The van der Waals surface area contributed by atoms with Crippen molar-refractivity contribution in [1.29, 1.82) is 0 Å². The number of aromatic nitrogens is 2. The molecule has 0 aliphatic carbocycles. The minimum absolute atomic E-state index is 0.346. The van der Waals surface area contributed by atoms with E-state index in [-0.39, 0.29) is 15.1 Å². The van der Waals surface area contributed by atoms with E-state index in [1.165, 1.54) is 69.9 Å². The second-order valence-corrected chi connectivity index (χ2v) is 19.6. The third-order valence-corrected chi connectivity index (χ3v) is 14.2. The van der Waals surface area contributed by atoms with Gasteiger partial charge >= 0.3 is 34.5 Å². The molecule has 0 aliphatic heterocycles. The first-order valence-electron chi connectivity index (χ1n) is 17.3. The van der Waals surface area contributed by atoms with Gasteiger partial charge in [-0.05, 0) is 49.2 Å². The van der Waals surface area contributed by atoms with Crippen LogP contribution in [0.2, 0.25) is 0 Å². The molecule has 0 unspecified atom stereocenters. The Kier molecular flexibility index (Phi) is 13.9. The first kappa shape index (κ1) is 39.6. The molecule has 0 fully saturated rings. The summed E-state index contributed by atoms with van der Waals surface area (Å²) in [5.74, 6) is 0. The molecule has 1 amide bonds. The molecule has 0 saturated carbocycles. The van der Waals surface area contributed by atoms with Crippen LogP contribution < -0.4 is 31.8 Å². The number of halogens is 2. The molecule has 2 aromatic heterocycles. The molecule has 4 nitrogen and oxygen atoms in total. The van der Waals surface area contributed by atoms with Crippen molar-refractivity contribution < 1.29 is 19.9 Å². The van der Waals surface area contributed by atoms with Crippen LogP contribution in [0, 0.1) is 0 Å². The van der Waals surface area contributed by atoms with Crippen LogP contribution in [0.1, 0.15) is 0 Å². The predicted molar refractivity (Wildman–Crippen MR) is 234 cm³/mol. The number of fused-ring (bicyclic) bond motifs is 2. The topological polar surface area (TPSA) is 30.2 Å². The number of benzene rings is 6. The van der Waals surface area contributed by atoms with Crippen LogP contribution in [0.4, 0.5) is 0 Å². The quantitative estimate of drug-likeness (QED) is 0.0853. The van der Waals surface area contributed by atoms with Crippen molar-refractivity contribution in [3.05, 3.63) is 170 Å². The van der Waals surface area contributed by atoms with Crippen molar-refractivity contribution in [1.82, 2.24) is 14.0 Å². The molecule has 0 atom stereocenters. The number of aryl methyl sites for hydroxylation is 2. The number of rotatable bonds is 8. The summed E-state index contributed by atoms with van der Waals surface area (Å²) in [4.78, 5) is 10.9. The van der Waals surface area contributed by atoms with Crippen molar-refractivity contribution in [2.24, 2.45) is 14.1 Å². The molecular weight excluding hydrogens is 832 g/mol. The van der Waals surface area contributed by atoms with Crippen LogP contribution in [0.15, 0.2) is 170 Å². The normalized spacial score (nSPS) is 11.0. The molecule has 9 heteroatoms. The van der Waals surface area contributed by atoms with Crippen molar-refractivity contribution >= 4 is 95.3 Å². The van der Waals surface area contributed by atoms with Crippen LogP contribution in [-0.2, 0) is 34.0 Å². The fourth-order valence-electron chi connectivity index (χ4n) is 6.86. The van der Waals surface area contributed by atoms with E-state index in [2.05, 4.69) is 193 Å². The zero-order valence-electron chi connectivity index (χ0n) is 30.5.